The number of amides is 1. The van der Waals surface area contributed by atoms with Crippen LogP contribution in [-0.2, 0) is 0 Å². The second kappa shape index (κ2) is 6.67. The molecule has 1 amide bonds. The number of aryl methyl sites for hydroxylation is 1. The van der Waals surface area contributed by atoms with Crippen molar-refractivity contribution in [2.24, 2.45) is 5.92 Å². The number of aliphatic hydroxyl groups is 1. The van der Waals surface area contributed by atoms with Gasteiger partial charge in [-0.25, -0.2) is 0 Å². The molecule has 0 saturated heterocycles. The van der Waals surface area contributed by atoms with Gasteiger partial charge < -0.3 is 10.4 Å². The van der Waals surface area contributed by atoms with Crippen LogP contribution in [0.5, 0.6) is 0 Å². The summed E-state index contributed by atoms with van der Waals surface area (Å²) in [6.45, 7) is 1.65. The fraction of sp³-hybridized carbons (Fsp3) is 0.533. The summed E-state index contributed by atoms with van der Waals surface area (Å²) in [5, 5.41) is 23.4. The van der Waals surface area contributed by atoms with E-state index in [4.69, 9.17) is 0 Å². The molecule has 1 aromatic rings. The molecule has 2 rings (SSSR count). The van der Waals surface area contributed by atoms with Gasteiger partial charge in [0.05, 0.1) is 4.92 Å². The normalized spacial score (nSPS) is 21.8. The highest BCUT2D eigenvalue weighted by molar-refractivity contribution is 5.98. The quantitative estimate of drug-likeness (QED) is 0.657. The molecule has 1 fully saturated rings. The molecule has 1 aliphatic carbocycles. The van der Waals surface area contributed by atoms with E-state index in [1.807, 2.05) is 0 Å². The van der Waals surface area contributed by atoms with Crippen LogP contribution in [0.4, 0.5) is 5.69 Å². The number of carbonyl (C=O) groups excluding carboxylic acids is 1. The number of nitrogens with one attached hydrogen (secondary N) is 1. The van der Waals surface area contributed by atoms with Gasteiger partial charge in [0.2, 0.25) is 0 Å². The standard InChI is InChI=1S/C15H20N2O4/c1-10-5-4-7-12(14(10)17(20)21)15(19)16-13-8-3-2-6-11(13)9-18/h4-5,7,11,13,18H,2-3,6,8-9H2,1H3,(H,16,19). The molecule has 1 aliphatic rings. The highest BCUT2D eigenvalue weighted by Crippen LogP contribution is 2.26. The van der Waals surface area contributed by atoms with Gasteiger partial charge in [0.15, 0.2) is 0 Å². The third kappa shape index (κ3) is 3.39. The first-order valence-electron chi connectivity index (χ1n) is 7.20. The lowest BCUT2D eigenvalue weighted by molar-refractivity contribution is -0.385. The number of para-hydroxylation sites is 1. The summed E-state index contributed by atoms with van der Waals surface area (Å²) in [7, 11) is 0. The minimum absolute atomic E-state index is 0.0286. The molecule has 2 atom stereocenters. The summed E-state index contributed by atoms with van der Waals surface area (Å²) in [6.07, 6.45) is 3.72. The maximum atomic E-state index is 12.4. The number of nitrogens with zero attached hydrogens (tertiary/aromatic N) is 1. The van der Waals surface area contributed by atoms with Crippen molar-refractivity contribution >= 4 is 11.6 Å². The van der Waals surface area contributed by atoms with Crippen molar-refractivity contribution in [1.82, 2.24) is 5.32 Å². The highest BCUT2D eigenvalue weighted by Gasteiger charge is 2.29. The van der Waals surface area contributed by atoms with E-state index in [0.717, 1.165) is 25.7 Å². The highest BCUT2D eigenvalue weighted by atomic mass is 16.6. The molecule has 2 unspecified atom stereocenters. The fourth-order valence-corrected chi connectivity index (χ4v) is 2.95. The second-order valence-electron chi connectivity index (χ2n) is 5.54. The summed E-state index contributed by atoms with van der Waals surface area (Å²) >= 11 is 0. The Hall–Kier alpha value is -1.95. The number of aliphatic hydroxyl groups excluding tert-OH is 1. The average molecular weight is 292 g/mol. The molecule has 0 aromatic heterocycles. The van der Waals surface area contributed by atoms with Crippen LogP contribution in [0, 0.1) is 23.0 Å². The van der Waals surface area contributed by atoms with Gasteiger partial charge in [-0.15, -0.1) is 0 Å². The van der Waals surface area contributed by atoms with Crippen molar-refractivity contribution in [2.45, 2.75) is 38.6 Å². The van der Waals surface area contributed by atoms with Crippen LogP contribution in [0.2, 0.25) is 0 Å². The average Bonchev–Trinajstić information content (AvgIpc) is 2.47. The Bertz CT molecular complexity index is 544. The summed E-state index contributed by atoms with van der Waals surface area (Å²) in [5.74, 6) is -0.401. The van der Waals surface area contributed by atoms with E-state index in [1.165, 1.54) is 6.07 Å². The third-order valence-electron chi connectivity index (χ3n) is 4.13. The van der Waals surface area contributed by atoms with Crippen molar-refractivity contribution < 1.29 is 14.8 Å². The number of hydrogen-bond donors (Lipinski definition) is 2. The molecule has 2 N–H and O–H groups in total. The summed E-state index contributed by atoms with van der Waals surface area (Å²) in [4.78, 5) is 23.0. The summed E-state index contributed by atoms with van der Waals surface area (Å²) in [6, 6.07) is 4.61. The number of nitro groups is 1. The van der Waals surface area contributed by atoms with Crippen molar-refractivity contribution in [1.29, 1.82) is 0 Å². The zero-order valence-electron chi connectivity index (χ0n) is 12.0. The fourth-order valence-electron chi connectivity index (χ4n) is 2.95. The lowest BCUT2D eigenvalue weighted by Gasteiger charge is -2.30. The molecule has 1 saturated carbocycles. The van der Waals surface area contributed by atoms with Crippen molar-refractivity contribution in [3.63, 3.8) is 0 Å². The first kappa shape index (κ1) is 15.4. The minimum Gasteiger partial charge on any atom is -0.396 e. The molecule has 0 spiro atoms. The van der Waals surface area contributed by atoms with Crippen LogP contribution in [0.3, 0.4) is 0 Å². The molecule has 0 heterocycles. The van der Waals surface area contributed by atoms with Crippen molar-refractivity contribution in [2.75, 3.05) is 6.61 Å². The van der Waals surface area contributed by atoms with Crippen LogP contribution < -0.4 is 5.32 Å². The largest absolute Gasteiger partial charge is 0.396 e. The molecule has 6 nitrogen and oxygen atoms in total. The van der Waals surface area contributed by atoms with Gasteiger partial charge in [-0.2, -0.15) is 0 Å². The predicted octanol–water partition coefficient (Wildman–Crippen LogP) is 2.18. The molecule has 0 bridgehead atoms. The summed E-state index contributed by atoms with van der Waals surface area (Å²) in [5.41, 5.74) is 0.406. The van der Waals surface area contributed by atoms with E-state index < -0.39 is 10.8 Å². The third-order valence-corrected chi connectivity index (χ3v) is 4.13. The Labute approximate surface area is 123 Å². The van der Waals surface area contributed by atoms with E-state index in [2.05, 4.69) is 5.32 Å². The van der Waals surface area contributed by atoms with E-state index in [1.54, 1.807) is 19.1 Å². The van der Waals surface area contributed by atoms with E-state index in [9.17, 15) is 20.0 Å². The number of hydrogen-bond acceptors (Lipinski definition) is 4. The van der Waals surface area contributed by atoms with E-state index in [-0.39, 0.29) is 29.8 Å². The van der Waals surface area contributed by atoms with E-state index >= 15 is 0 Å². The maximum absolute atomic E-state index is 12.4. The molecule has 0 radical (unpaired) electrons. The molecule has 1 aromatic carbocycles. The zero-order valence-corrected chi connectivity index (χ0v) is 12.0. The van der Waals surface area contributed by atoms with Crippen LogP contribution in [0.15, 0.2) is 18.2 Å². The van der Waals surface area contributed by atoms with Crippen molar-refractivity contribution in [3.8, 4) is 0 Å². The van der Waals surface area contributed by atoms with Gasteiger partial charge >= 0.3 is 0 Å². The van der Waals surface area contributed by atoms with Gasteiger partial charge in [-0.05, 0) is 25.8 Å². The summed E-state index contributed by atoms with van der Waals surface area (Å²) < 4.78 is 0. The van der Waals surface area contributed by atoms with Gasteiger partial charge in [-0.1, -0.05) is 25.0 Å². The Morgan fingerprint density at radius 3 is 2.81 bits per heavy atom. The molecule has 114 valence electrons. The van der Waals surface area contributed by atoms with Crippen LogP contribution >= 0.6 is 0 Å². The number of rotatable bonds is 4. The minimum atomic E-state index is -0.519. The monoisotopic (exact) mass is 292 g/mol. The lowest BCUT2D eigenvalue weighted by Crippen LogP contribution is -2.43. The molecule has 21 heavy (non-hydrogen) atoms. The molecule has 6 heteroatoms. The van der Waals surface area contributed by atoms with Gasteiger partial charge in [-0.3, -0.25) is 14.9 Å². The predicted molar refractivity (Wildman–Crippen MR) is 78.1 cm³/mol. The van der Waals surface area contributed by atoms with Crippen LogP contribution in [-0.4, -0.2) is 28.6 Å². The number of benzene rings is 1. The number of carbonyl (C=O) groups is 1. The first-order valence-corrected chi connectivity index (χ1v) is 7.20. The Balaban J connectivity index is 2.20. The van der Waals surface area contributed by atoms with Gasteiger partial charge in [0.1, 0.15) is 5.56 Å². The Morgan fingerprint density at radius 1 is 1.43 bits per heavy atom. The molecular formula is C15H20N2O4. The zero-order chi connectivity index (χ0) is 15.4. The van der Waals surface area contributed by atoms with E-state index in [0.29, 0.717) is 5.56 Å². The van der Waals surface area contributed by atoms with Gasteiger partial charge in [0, 0.05) is 24.1 Å². The Kier molecular flexibility index (Phi) is 4.90. The Morgan fingerprint density at radius 2 is 2.14 bits per heavy atom. The SMILES string of the molecule is Cc1cccc(C(=O)NC2CCCCC2CO)c1[N+](=O)[O-]. The second-order valence-corrected chi connectivity index (χ2v) is 5.54. The smallest absolute Gasteiger partial charge is 0.285 e. The molecular weight excluding hydrogens is 272 g/mol. The number of nitro benzene ring substituents is 1. The first-order chi connectivity index (χ1) is 10.0. The maximum Gasteiger partial charge on any atom is 0.285 e. The van der Waals surface area contributed by atoms with Crippen LogP contribution in [0.1, 0.15) is 41.6 Å². The van der Waals surface area contributed by atoms with Gasteiger partial charge in [0.25, 0.3) is 11.6 Å². The molecule has 0 aliphatic heterocycles. The van der Waals surface area contributed by atoms with Crippen LogP contribution in [0.25, 0.3) is 0 Å². The topological polar surface area (TPSA) is 92.5 Å². The lowest BCUT2D eigenvalue weighted by atomic mass is 9.85. The van der Waals surface area contributed by atoms with Crippen molar-refractivity contribution in [3.05, 3.63) is 39.4 Å².